The quantitative estimate of drug-likeness (QED) is 0.924. The van der Waals surface area contributed by atoms with E-state index in [9.17, 15) is 17.6 Å². The highest BCUT2D eigenvalue weighted by molar-refractivity contribution is 7.89. The van der Waals surface area contributed by atoms with E-state index in [1.165, 1.54) is 25.2 Å². The maximum Gasteiger partial charge on any atom is 0.243 e. The molecule has 0 fully saturated rings. The number of anilines is 1. The molecule has 0 aromatic heterocycles. The zero-order chi connectivity index (χ0) is 17.5. The van der Waals surface area contributed by atoms with E-state index in [0.29, 0.717) is 16.8 Å². The lowest BCUT2D eigenvalue weighted by Gasteiger charge is -2.18. The minimum Gasteiger partial charge on any atom is -0.325 e. The Morgan fingerprint density at radius 2 is 1.92 bits per heavy atom. The average molecular weight is 348 g/mol. The summed E-state index contributed by atoms with van der Waals surface area (Å²) in [6.07, 6.45) is 0. The molecule has 0 bridgehead atoms. The summed E-state index contributed by atoms with van der Waals surface area (Å²) >= 11 is 0. The zero-order valence-electron chi connectivity index (χ0n) is 13.3. The zero-order valence-corrected chi connectivity index (χ0v) is 14.1. The molecule has 7 heteroatoms. The van der Waals surface area contributed by atoms with Gasteiger partial charge in [0.2, 0.25) is 15.9 Å². The normalized spacial score (nSPS) is 17.0. The van der Waals surface area contributed by atoms with Crippen molar-refractivity contribution in [3.05, 3.63) is 59.4 Å². The summed E-state index contributed by atoms with van der Waals surface area (Å²) < 4.78 is 40.3. The van der Waals surface area contributed by atoms with Crippen LogP contribution in [0.25, 0.3) is 0 Å². The van der Waals surface area contributed by atoms with Crippen molar-refractivity contribution in [1.29, 1.82) is 0 Å². The Labute approximate surface area is 140 Å². The first-order chi connectivity index (χ1) is 11.3. The number of carbonyl (C=O) groups is 1. The molecule has 0 saturated carbocycles. The van der Waals surface area contributed by atoms with Crippen molar-refractivity contribution in [2.45, 2.75) is 24.3 Å². The summed E-state index contributed by atoms with van der Waals surface area (Å²) in [5, 5.41) is 2.71. The summed E-state index contributed by atoms with van der Waals surface area (Å²) in [4.78, 5) is 11.8. The second kappa shape index (κ2) is 5.99. The van der Waals surface area contributed by atoms with E-state index in [1.807, 2.05) is 0 Å². The Bertz CT molecular complexity index is 912. The van der Waals surface area contributed by atoms with Gasteiger partial charge in [0.25, 0.3) is 0 Å². The lowest BCUT2D eigenvalue weighted by atomic mass is 10.0. The van der Waals surface area contributed by atoms with Crippen LogP contribution < -0.4 is 5.32 Å². The lowest BCUT2D eigenvalue weighted by molar-refractivity contribution is -0.116. The van der Waals surface area contributed by atoms with E-state index < -0.39 is 21.8 Å². The van der Waals surface area contributed by atoms with Gasteiger partial charge in [0.15, 0.2) is 0 Å². The minimum absolute atomic E-state index is 0.0706. The van der Waals surface area contributed by atoms with E-state index in [4.69, 9.17) is 0 Å². The average Bonchev–Trinajstić information content (AvgIpc) is 2.84. The number of fused-ring (bicyclic) bond motifs is 1. The van der Waals surface area contributed by atoms with Gasteiger partial charge in [0, 0.05) is 24.8 Å². The van der Waals surface area contributed by atoms with Gasteiger partial charge >= 0.3 is 0 Å². The highest BCUT2D eigenvalue weighted by Crippen LogP contribution is 2.34. The second-order valence-corrected chi connectivity index (χ2v) is 7.86. The highest BCUT2D eigenvalue weighted by Gasteiger charge is 2.29. The fraction of sp³-hybridized carbons (Fsp3) is 0.235. The Kier molecular flexibility index (Phi) is 4.15. The van der Waals surface area contributed by atoms with Crippen molar-refractivity contribution in [2.24, 2.45) is 0 Å². The van der Waals surface area contributed by atoms with E-state index in [1.54, 1.807) is 31.2 Å². The van der Waals surface area contributed by atoms with Gasteiger partial charge in [-0.1, -0.05) is 18.2 Å². The number of carbonyl (C=O) groups excluding carboxylic acids is 1. The van der Waals surface area contributed by atoms with Crippen LogP contribution in [0.1, 0.15) is 24.0 Å². The van der Waals surface area contributed by atoms with Crippen LogP contribution in [0.4, 0.5) is 10.1 Å². The van der Waals surface area contributed by atoms with Crippen molar-refractivity contribution in [2.75, 3.05) is 12.4 Å². The van der Waals surface area contributed by atoms with E-state index in [-0.39, 0.29) is 17.3 Å². The first kappa shape index (κ1) is 16.6. The summed E-state index contributed by atoms with van der Waals surface area (Å²) in [5.41, 5.74) is 1.58. The van der Waals surface area contributed by atoms with Crippen LogP contribution >= 0.6 is 0 Å². The minimum atomic E-state index is -3.79. The predicted molar refractivity (Wildman–Crippen MR) is 88.5 cm³/mol. The van der Waals surface area contributed by atoms with Gasteiger partial charge < -0.3 is 5.32 Å². The molecule has 126 valence electrons. The number of nitrogens with one attached hydrogen (secondary N) is 1. The van der Waals surface area contributed by atoms with E-state index in [2.05, 4.69) is 5.32 Å². The van der Waals surface area contributed by atoms with Gasteiger partial charge in [0.05, 0.1) is 10.8 Å². The fourth-order valence-electron chi connectivity index (χ4n) is 2.69. The van der Waals surface area contributed by atoms with Crippen molar-refractivity contribution in [3.63, 3.8) is 0 Å². The largest absolute Gasteiger partial charge is 0.325 e. The molecular weight excluding hydrogens is 331 g/mol. The summed E-state index contributed by atoms with van der Waals surface area (Å²) in [5.74, 6) is -0.997. The molecule has 3 rings (SSSR count). The number of nitrogens with zero attached hydrogens (tertiary/aromatic N) is 1. The molecule has 1 aliphatic rings. The lowest BCUT2D eigenvalue weighted by Crippen LogP contribution is -2.27. The molecule has 1 heterocycles. The molecule has 2 aromatic carbocycles. The molecule has 5 nitrogen and oxygen atoms in total. The maximum atomic E-state index is 13.7. The standard InChI is InChI=1S/C17H17FN2O3S/c1-11-14-9-13(7-8-16(14)19-17(11)21)24(22,23)20(2)10-12-5-3-4-6-15(12)18/h3-9,11H,10H2,1-2H3,(H,19,21)/t11-/m0/s1. The van der Waals surface area contributed by atoms with Gasteiger partial charge in [-0.15, -0.1) is 0 Å². The third-order valence-electron chi connectivity index (χ3n) is 4.20. The smallest absolute Gasteiger partial charge is 0.243 e. The fourth-order valence-corrected chi connectivity index (χ4v) is 3.87. The van der Waals surface area contributed by atoms with Crippen LogP contribution in [-0.2, 0) is 21.4 Å². The number of halogens is 1. The van der Waals surface area contributed by atoms with Crippen LogP contribution in [0.3, 0.4) is 0 Å². The molecule has 2 aromatic rings. The second-order valence-electron chi connectivity index (χ2n) is 5.81. The Balaban J connectivity index is 1.91. The van der Waals surface area contributed by atoms with Crippen LogP contribution in [0.15, 0.2) is 47.4 Å². The molecule has 1 amide bonds. The molecule has 0 aliphatic carbocycles. The molecule has 1 N–H and O–H groups in total. The number of sulfonamides is 1. The van der Waals surface area contributed by atoms with Crippen LogP contribution in [0.5, 0.6) is 0 Å². The molecule has 0 unspecified atom stereocenters. The van der Waals surface area contributed by atoms with Gasteiger partial charge in [0.1, 0.15) is 5.82 Å². The number of amides is 1. The molecule has 24 heavy (non-hydrogen) atoms. The number of hydrogen-bond donors (Lipinski definition) is 1. The van der Waals surface area contributed by atoms with Crippen molar-refractivity contribution < 1.29 is 17.6 Å². The summed E-state index contributed by atoms with van der Waals surface area (Å²) in [6, 6.07) is 10.6. The van der Waals surface area contributed by atoms with Crippen LogP contribution in [-0.4, -0.2) is 25.7 Å². The van der Waals surface area contributed by atoms with Gasteiger partial charge in [-0.3, -0.25) is 4.79 Å². The highest BCUT2D eigenvalue weighted by atomic mass is 32.2. The van der Waals surface area contributed by atoms with Gasteiger partial charge in [-0.25, -0.2) is 12.8 Å². The molecule has 0 spiro atoms. The predicted octanol–water partition coefficient (Wildman–Crippen LogP) is 2.70. The molecular formula is C17H17FN2O3S. The monoisotopic (exact) mass is 348 g/mol. The topological polar surface area (TPSA) is 66.5 Å². The number of benzene rings is 2. The van der Waals surface area contributed by atoms with Crippen molar-refractivity contribution in [3.8, 4) is 0 Å². The third kappa shape index (κ3) is 2.81. The summed E-state index contributed by atoms with van der Waals surface area (Å²) in [6.45, 7) is 1.65. The van der Waals surface area contributed by atoms with Crippen LogP contribution in [0, 0.1) is 5.82 Å². The first-order valence-corrected chi connectivity index (χ1v) is 8.89. The van der Waals surface area contributed by atoms with E-state index in [0.717, 1.165) is 4.31 Å². The molecule has 0 radical (unpaired) electrons. The van der Waals surface area contributed by atoms with Crippen molar-refractivity contribution >= 4 is 21.6 Å². The SMILES string of the molecule is C[C@@H]1C(=O)Nc2ccc(S(=O)(=O)N(C)Cc3ccccc3F)cc21. The van der Waals surface area contributed by atoms with Crippen LogP contribution in [0.2, 0.25) is 0 Å². The van der Waals surface area contributed by atoms with Gasteiger partial charge in [-0.05, 0) is 36.8 Å². The number of hydrogen-bond acceptors (Lipinski definition) is 3. The first-order valence-electron chi connectivity index (χ1n) is 7.45. The Morgan fingerprint density at radius 3 is 2.62 bits per heavy atom. The molecule has 0 saturated heterocycles. The number of rotatable bonds is 4. The third-order valence-corrected chi connectivity index (χ3v) is 6.00. The Morgan fingerprint density at radius 1 is 1.21 bits per heavy atom. The van der Waals surface area contributed by atoms with Gasteiger partial charge in [-0.2, -0.15) is 4.31 Å². The molecule has 1 aliphatic heterocycles. The summed E-state index contributed by atoms with van der Waals surface area (Å²) in [7, 11) is -2.38. The van der Waals surface area contributed by atoms with Crippen molar-refractivity contribution in [1.82, 2.24) is 4.31 Å². The Hall–Kier alpha value is -2.25. The maximum absolute atomic E-state index is 13.7. The van der Waals surface area contributed by atoms with E-state index >= 15 is 0 Å². The molecule has 1 atom stereocenters.